The molecule has 0 aromatic carbocycles. The minimum Gasteiger partial charge on any atom is -0.394 e. The Morgan fingerprint density at radius 1 is 1.30 bits per heavy atom. The van der Waals surface area contributed by atoms with Gasteiger partial charge in [-0.2, -0.15) is 0 Å². The fourth-order valence-corrected chi connectivity index (χ4v) is 4.71. The molecule has 128 valence electrons. The molecule has 2 aliphatic rings. The Morgan fingerprint density at radius 3 is 2.91 bits per heavy atom. The molecule has 0 saturated carbocycles. The van der Waals surface area contributed by atoms with Crippen LogP contribution in [0, 0.1) is 0 Å². The van der Waals surface area contributed by atoms with Gasteiger partial charge in [0.15, 0.2) is 0 Å². The molecule has 9 heteroatoms. The van der Waals surface area contributed by atoms with Gasteiger partial charge in [0, 0.05) is 32.2 Å². The number of aliphatic hydroxyl groups is 1. The van der Waals surface area contributed by atoms with E-state index in [1.54, 1.807) is 0 Å². The monoisotopic (exact) mass is 341 g/mol. The first kappa shape index (κ1) is 16.4. The number of hydrogen-bond donors (Lipinski definition) is 2. The number of nitrogens with one attached hydrogen (secondary N) is 1. The van der Waals surface area contributed by atoms with E-state index in [2.05, 4.69) is 20.2 Å². The molecular weight excluding hydrogens is 318 g/mol. The third-order valence-electron chi connectivity index (χ3n) is 4.41. The zero-order valence-corrected chi connectivity index (χ0v) is 13.9. The van der Waals surface area contributed by atoms with Crippen molar-refractivity contribution >= 4 is 21.7 Å². The van der Waals surface area contributed by atoms with Crippen LogP contribution in [0.4, 0.5) is 11.6 Å². The highest BCUT2D eigenvalue weighted by Crippen LogP contribution is 2.24. The van der Waals surface area contributed by atoms with Gasteiger partial charge in [0.2, 0.25) is 10.0 Å². The average Bonchev–Trinajstić information content (AvgIpc) is 3.14. The molecule has 1 atom stereocenters. The largest absolute Gasteiger partial charge is 0.394 e. The second-order valence-corrected chi connectivity index (χ2v) is 8.02. The van der Waals surface area contributed by atoms with Crippen molar-refractivity contribution < 1.29 is 13.5 Å². The quantitative estimate of drug-likeness (QED) is 0.744. The molecule has 2 saturated heterocycles. The van der Waals surface area contributed by atoms with E-state index in [0.717, 1.165) is 25.2 Å². The van der Waals surface area contributed by atoms with Crippen LogP contribution in [0.3, 0.4) is 0 Å². The number of nitrogens with zero attached hydrogens (tertiary/aromatic N) is 4. The maximum absolute atomic E-state index is 11.7. The second kappa shape index (κ2) is 6.98. The summed E-state index contributed by atoms with van der Waals surface area (Å²) in [5, 5.41) is 12.6. The lowest BCUT2D eigenvalue weighted by atomic mass is 10.2. The average molecular weight is 341 g/mol. The van der Waals surface area contributed by atoms with Crippen LogP contribution >= 0.6 is 0 Å². The summed E-state index contributed by atoms with van der Waals surface area (Å²) in [5.41, 5.74) is 0. The fraction of sp³-hybridized carbons (Fsp3) is 0.714. The van der Waals surface area contributed by atoms with Crippen LogP contribution in [-0.4, -0.2) is 72.4 Å². The van der Waals surface area contributed by atoms with Crippen LogP contribution in [0.1, 0.15) is 19.3 Å². The Balaban J connectivity index is 1.58. The maximum atomic E-state index is 11.7. The minimum absolute atomic E-state index is 0.118. The van der Waals surface area contributed by atoms with Crippen molar-refractivity contribution in [1.29, 1.82) is 0 Å². The molecule has 0 spiro atoms. The second-order valence-electron chi connectivity index (χ2n) is 5.93. The first-order valence-electron chi connectivity index (χ1n) is 8.01. The molecular formula is C14H23N5O3S. The molecule has 1 aromatic rings. The first-order chi connectivity index (χ1) is 11.1. The zero-order chi connectivity index (χ0) is 16.3. The molecule has 3 rings (SSSR count). The summed E-state index contributed by atoms with van der Waals surface area (Å²) in [6.07, 6.45) is 4.22. The summed E-state index contributed by atoms with van der Waals surface area (Å²) < 4.78 is 25.0. The number of sulfonamides is 1. The lowest BCUT2D eigenvalue weighted by Gasteiger charge is -2.24. The van der Waals surface area contributed by atoms with Crippen LogP contribution in [0.2, 0.25) is 0 Å². The number of hydrogen-bond acceptors (Lipinski definition) is 7. The van der Waals surface area contributed by atoms with E-state index in [4.69, 9.17) is 0 Å². The van der Waals surface area contributed by atoms with Gasteiger partial charge in [-0.05, 0) is 19.3 Å². The van der Waals surface area contributed by atoms with Crippen molar-refractivity contribution in [3.05, 3.63) is 12.4 Å². The molecule has 8 nitrogen and oxygen atoms in total. The van der Waals surface area contributed by atoms with Gasteiger partial charge in [-0.25, -0.2) is 22.7 Å². The van der Waals surface area contributed by atoms with Gasteiger partial charge in [0.25, 0.3) is 0 Å². The molecule has 1 aromatic heterocycles. The normalized spacial score (nSPS) is 24.2. The van der Waals surface area contributed by atoms with E-state index in [9.17, 15) is 13.5 Å². The van der Waals surface area contributed by atoms with E-state index in [1.165, 1.54) is 10.6 Å². The van der Waals surface area contributed by atoms with Gasteiger partial charge < -0.3 is 15.3 Å². The third-order valence-corrected chi connectivity index (χ3v) is 6.36. The number of rotatable bonds is 6. The lowest BCUT2D eigenvalue weighted by molar-refractivity contribution is 0.266. The van der Waals surface area contributed by atoms with Crippen molar-refractivity contribution in [3.8, 4) is 0 Å². The summed E-state index contributed by atoms with van der Waals surface area (Å²) in [5.74, 6) is 1.73. The summed E-state index contributed by atoms with van der Waals surface area (Å²) in [6.45, 7) is 2.57. The highest BCUT2D eigenvalue weighted by Gasteiger charge is 2.27. The Labute approximate surface area is 136 Å². The molecule has 0 amide bonds. The molecule has 0 bridgehead atoms. The molecule has 0 radical (unpaired) electrons. The first-order valence-corrected chi connectivity index (χ1v) is 9.62. The minimum atomic E-state index is -3.05. The predicted octanol–water partition coefficient (Wildman–Crippen LogP) is -0.115. The van der Waals surface area contributed by atoms with Crippen molar-refractivity contribution in [3.63, 3.8) is 0 Å². The lowest BCUT2D eigenvalue weighted by Crippen LogP contribution is -2.33. The van der Waals surface area contributed by atoms with E-state index in [-0.39, 0.29) is 18.4 Å². The van der Waals surface area contributed by atoms with Gasteiger partial charge in [0.1, 0.15) is 18.0 Å². The molecule has 2 aliphatic heterocycles. The number of anilines is 2. The molecule has 1 unspecified atom stereocenters. The molecule has 2 fully saturated rings. The van der Waals surface area contributed by atoms with Gasteiger partial charge >= 0.3 is 0 Å². The van der Waals surface area contributed by atoms with E-state index < -0.39 is 10.0 Å². The van der Waals surface area contributed by atoms with Crippen LogP contribution < -0.4 is 10.2 Å². The van der Waals surface area contributed by atoms with Crippen molar-refractivity contribution in [1.82, 2.24) is 14.3 Å². The fourth-order valence-electron chi connectivity index (χ4n) is 3.18. The van der Waals surface area contributed by atoms with Crippen LogP contribution in [0.5, 0.6) is 0 Å². The Morgan fingerprint density at radius 2 is 2.17 bits per heavy atom. The molecule has 2 N–H and O–H groups in total. The van der Waals surface area contributed by atoms with Crippen LogP contribution in [0.15, 0.2) is 12.4 Å². The summed E-state index contributed by atoms with van der Waals surface area (Å²) in [4.78, 5) is 10.6. The predicted molar refractivity (Wildman–Crippen MR) is 88.0 cm³/mol. The van der Waals surface area contributed by atoms with E-state index in [1.807, 2.05) is 6.07 Å². The molecule has 23 heavy (non-hydrogen) atoms. The van der Waals surface area contributed by atoms with Crippen molar-refractivity contribution in [2.75, 3.05) is 48.8 Å². The number of aliphatic hydroxyl groups excluding tert-OH is 1. The highest BCUT2D eigenvalue weighted by atomic mass is 32.2. The van der Waals surface area contributed by atoms with E-state index >= 15 is 0 Å². The maximum Gasteiger partial charge on any atom is 0.214 e. The topological polar surface area (TPSA) is 98.7 Å². The zero-order valence-electron chi connectivity index (χ0n) is 13.1. The Bertz CT molecular complexity index is 639. The third kappa shape index (κ3) is 3.73. The SMILES string of the molecule is O=S1(=O)CCCN1CCNc1cc(N2CCCC2CO)ncn1. The van der Waals surface area contributed by atoms with Crippen LogP contribution in [-0.2, 0) is 10.0 Å². The van der Waals surface area contributed by atoms with Gasteiger partial charge in [-0.15, -0.1) is 0 Å². The highest BCUT2D eigenvalue weighted by molar-refractivity contribution is 7.89. The van der Waals surface area contributed by atoms with Crippen molar-refractivity contribution in [2.24, 2.45) is 0 Å². The van der Waals surface area contributed by atoms with Gasteiger partial charge in [-0.3, -0.25) is 0 Å². The standard InChI is InChI=1S/C14H23N5O3S/c20-10-12-3-1-6-19(12)14-9-13(16-11-17-14)15-4-7-18-5-2-8-23(18,21)22/h9,11-12,20H,1-8,10H2,(H,15,16,17). The van der Waals surface area contributed by atoms with E-state index in [0.29, 0.717) is 31.9 Å². The smallest absolute Gasteiger partial charge is 0.214 e. The van der Waals surface area contributed by atoms with Crippen LogP contribution in [0.25, 0.3) is 0 Å². The van der Waals surface area contributed by atoms with Crippen molar-refractivity contribution in [2.45, 2.75) is 25.3 Å². The van der Waals surface area contributed by atoms with Gasteiger partial charge in [0.05, 0.1) is 18.4 Å². The Hall–Kier alpha value is -1.45. The molecule has 0 aliphatic carbocycles. The molecule has 3 heterocycles. The summed E-state index contributed by atoms with van der Waals surface area (Å²) in [7, 11) is -3.05. The number of aromatic nitrogens is 2. The summed E-state index contributed by atoms with van der Waals surface area (Å²) >= 11 is 0. The van der Waals surface area contributed by atoms with Gasteiger partial charge in [-0.1, -0.05) is 0 Å². The Kier molecular flexibility index (Phi) is 4.98. The summed E-state index contributed by atoms with van der Waals surface area (Å²) in [6, 6.07) is 1.97.